The number of aryl methyl sites for hydroxylation is 1. The molecular weight excluding hydrogens is 276 g/mol. The van der Waals surface area contributed by atoms with Gasteiger partial charge in [-0.15, -0.1) is 0 Å². The van der Waals surface area contributed by atoms with Crippen LogP contribution in [0.4, 0.5) is 5.69 Å². The van der Waals surface area contributed by atoms with E-state index in [0.717, 1.165) is 16.8 Å². The summed E-state index contributed by atoms with van der Waals surface area (Å²) in [5.74, 6) is -0.282. The number of likely N-dealkylation sites (N-methyl/N-ethyl adjacent to an activating group) is 1. The average Bonchev–Trinajstić information content (AvgIpc) is 2.93. The first-order valence-corrected chi connectivity index (χ1v) is 7.31. The number of hydrogen-bond acceptors (Lipinski definition) is 2. The van der Waals surface area contributed by atoms with E-state index in [1.807, 2.05) is 43.3 Å². The van der Waals surface area contributed by atoms with Crippen LogP contribution in [0.1, 0.15) is 21.5 Å². The Balaban J connectivity index is 2.02. The summed E-state index contributed by atoms with van der Waals surface area (Å²) in [7, 11) is 1.60. The third-order valence-corrected chi connectivity index (χ3v) is 4.04. The van der Waals surface area contributed by atoms with Gasteiger partial charge in [0.05, 0.1) is 0 Å². The average molecular weight is 294 g/mol. The molecule has 112 valence electrons. The Hall–Kier alpha value is -2.62. The monoisotopic (exact) mass is 294 g/mol. The first-order chi connectivity index (χ1) is 10.6. The van der Waals surface area contributed by atoms with E-state index in [0.29, 0.717) is 12.0 Å². The highest BCUT2D eigenvalue weighted by molar-refractivity contribution is 6.11. The van der Waals surface area contributed by atoms with Crippen LogP contribution in [0.2, 0.25) is 0 Å². The van der Waals surface area contributed by atoms with Crippen LogP contribution in [0.5, 0.6) is 0 Å². The SMILES string of the molecule is CNC(=O)C1Cc2ccccc2N1C(=O)c1ccc(C)cc1. The highest BCUT2D eigenvalue weighted by Gasteiger charge is 2.38. The molecule has 1 unspecified atom stereocenters. The van der Waals surface area contributed by atoms with Crippen molar-refractivity contribution in [2.45, 2.75) is 19.4 Å². The molecular formula is C18H18N2O2. The van der Waals surface area contributed by atoms with Gasteiger partial charge in [0.15, 0.2) is 0 Å². The first-order valence-electron chi connectivity index (χ1n) is 7.31. The number of para-hydroxylation sites is 1. The molecule has 2 aromatic rings. The van der Waals surface area contributed by atoms with E-state index >= 15 is 0 Å². The molecule has 1 N–H and O–H groups in total. The molecule has 3 rings (SSSR count). The lowest BCUT2D eigenvalue weighted by molar-refractivity contribution is -0.121. The lowest BCUT2D eigenvalue weighted by atomic mass is 10.1. The van der Waals surface area contributed by atoms with Crippen molar-refractivity contribution in [1.82, 2.24) is 5.32 Å². The molecule has 0 spiro atoms. The zero-order valence-electron chi connectivity index (χ0n) is 12.7. The maximum absolute atomic E-state index is 12.9. The normalized spacial score (nSPS) is 16.3. The van der Waals surface area contributed by atoms with Crippen LogP contribution in [-0.2, 0) is 11.2 Å². The number of carbonyl (C=O) groups excluding carboxylic acids is 2. The molecule has 2 amide bonds. The topological polar surface area (TPSA) is 49.4 Å². The summed E-state index contributed by atoms with van der Waals surface area (Å²) in [4.78, 5) is 26.7. The van der Waals surface area contributed by atoms with Gasteiger partial charge >= 0.3 is 0 Å². The fourth-order valence-electron chi connectivity index (χ4n) is 2.85. The molecule has 1 heterocycles. The van der Waals surface area contributed by atoms with E-state index in [1.165, 1.54) is 0 Å². The summed E-state index contributed by atoms with van der Waals surface area (Å²) in [6.07, 6.45) is 0.549. The van der Waals surface area contributed by atoms with Crippen LogP contribution in [0, 0.1) is 6.92 Å². The van der Waals surface area contributed by atoms with E-state index in [2.05, 4.69) is 5.32 Å². The fraction of sp³-hybridized carbons (Fsp3) is 0.222. The van der Waals surface area contributed by atoms with E-state index in [4.69, 9.17) is 0 Å². The van der Waals surface area contributed by atoms with Gasteiger partial charge in [-0.2, -0.15) is 0 Å². The number of hydrogen-bond donors (Lipinski definition) is 1. The van der Waals surface area contributed by atoms with Crippen LogP contribution >= 0.6 is 0 Å². The lowest BCUT2D eigenvalue weighted by Gasteiger charge is -2.24. The standard InChI is InChI=1S/C18H18N2O2/c1-12-7-9-13(10-8-12)18(22)20-15-6-4-3-5-14(15)11-16(20)17(21)19-2/h3-10,16H,11H2,1-2H3,(H,19,21). The van der Waals surface area contributed by atoms with E-state index < -0.39 is 6.04 Å². The van der Waals surface area contributed by atoms with Gasteiger partial charge in [-0.3, -0.25) is 14.5 Å². The minimum Gasteiger partial charge on any atom is -0.357 e. The Morgan fingerprint density at radius 1 is 1.09 bits per heavy atom. The number of fused-ring (bicyclic) bond motifs is 1. The number of nitrogens with zero attached hydrogens (tertiary/aromatic N) is 1. The van der Waals surface area contributed by atoms with E-state index in [-0.39, 0.29) is 11.8 Å². The van der Waals surface area contributed by atoms with Gasteiger partial charge in [0.25, 0.3) is 5.91 Å². The highest BCUT2D eigenvalue weighted by Crippen LogP contribution is 2.33. The third-order valence-electron chi connectivity index (χ3n) is 4.04. The lowest BCUT2D eigenvalue weighted by Crippen LogP contribution is -2.47. The number of amides is 2. The zero-order chi connectivity index (χ0) is 15.7. The second-order valence-corrected chi connectivity index (χ2v) is 5.50. The largest absolute Gasteiger partial charge is 0.357 e. The Morgan fingerprint density at radius 2 is 1.77 bits per heavy atom. The molecule has 4 nitrogen and oxygen atoms in total. The Bertz CT molecular complexity index is 722. The Morgan fingerprint density at radius 3 is 2.45 bits per heavy atom. The smallest absolute Gasteiger partial charge is 0.259 e. The summed E-state index contributed by atoms with van der Waals surface area (Å²) in [6, 6.07) is 14.6. The number of nitrogens with one attached hydrogen (secondary N) is 1. The molecule has 4 heteroatoms. The molecule has 0 fully saturated rings. The fourth-order valence-corrected chi connectivity index (χ4v) is 2.85. The minimum atomic E-state index is -0.490. The van der Waals surface area contributed by atoms with Gasteiger partial charge in [0.2, 0.25) is 5.91 Å². The van der Waals surface area contributed by atoms with Crippen molar-refractivity contribution in [3.8, 4) is 0 Å². The van der Waals surface area contributed by atoms with Crippen LogP contribution in [0.3, 0.4) is 0 Å². The van der Waals surface area contributed by atoms with Crippen molar-refractivity contribution in [1.29, 1.82) is 0 Å². The number of anilines is 1. The third kappa shape index (κ3) is 2.37. The van der Waals surface area contributed by atoms with Crippen LogP contribution in [-0.4, -0.2) is 24.9 Å². The summed E-state index contributed by atoms with van der Waals surface area (Å²) in [6.45, 7) is 1.98. The Kier molecular flexibility index (Phi) is 3.67. The van der Waals surface area contributed by atoms with Crippen molar-refractivity contribution in [2.75, 3.05) is 11.9 Å². The van der Waals surface area contributed by atoms with Crippen LogP contribution in [0.25, 0.3) is 0 Å². The summed E-state index contributed by atoms with van der Waals surface area (Å²) in [5, 5.41) is 2.65. The second-order valence-electron chi connectivity index (χ2n) is 5.50. The second kappa shape index (κ2) is 5.64. The molecule has 2 aromatic carbocycles. The van der Waals surface area contributed by atoms with E-state index in [1.54, 1.807) is 24.1 Å². The molecule has 1 aliphatic rings. The maximum atomic E-state index is 12.9. The highest BCUT2D eigenvalue weighted by atomic mass is 16.2. The molecule has 0 aromatic heterocycles. The predicted octanol–water partition coefficient (Wildman–Crippen LogP) is 2.31. The first kappa shape index (κ1) is 14.3. The zero-order valence-corrected chi connectivity index (χ0v) is 12.7. The Labute approximate surface area is 129 Å². The van der Waals surface area contributed by atoms with Crippen molar-refractivity contribution in [2.24, 2.45) is 0 Å². The number of carbonyl (C=O) groups is 2. The summed E-state index contributed by atoms with van der Waals surface area (Å²) < 4.78 is 0. The molecule has 1 atom stereocenters. The van der Waals surface area contributed by atoms with E-state index in [9.17, 15) is 9.59 Å². The molecule has 0 aliphatic carbocycles. The summed E-state index contributed by atoms with van der Waals surface area (Å²) >= 11 is 0. The van der Waals surface area contributed by atoms with Crippen molar-refractivity contribution < 1.29 is 9.59 Å². The maximum Gasteiger partial charge on any atom is 0.259 e. The summed E-state index contributed by atoms with van der Waals surface area (Å²) in [5.41, 5.74) is 3.54. The van der Waals surface area contributed by atoms with Crippen LogP contribution in [0.15, 0.2) is 48.5 Å². The van der Waals surface area contributed by atoms with Gasteiger partial charge in [-0.25, -0.2) is 0 Å². The molecule has 1 aliphatic heterocycles. The molecule has 22 heavy (non-hydrogen) atoms. The molecule has 0 radical (unpaired) electrons. The number of rotatable bonds is 2. The molecule has 0 bridgehead atoms. The predicted molar refractivity (Wildman–Crippen MR) is 86.0 cm³/mol. The van der Waals surface area contributed by atoms with Crippen molar-refractivity contribution in [3.05, 3.63) is 65.2 Å². The van der Waals surface area contributed by atoms with Crippen LogP contribution < -0.4 is 10.2 Å². The number of benzene rings is 2. The van der Waals surface area contributed by atoms with Gasteiger partial charge in [0, 0.05) is 24.7 Å². The quantitative estimate of drug-likeness (QED) is 0.924. The van der Waals surface area contributed by atoms with Gasteiger partial charge in [0.1, 0.15) is 6.04 Å². The molecule has 0 saturated heterocycles. The minimum absolute atomic E-state index is 0.140. The molecule has 0 saturated carbocycles. The van der Waals surface area contributed by atoms with Crippen molar-refractivity contribution in [3.63, 3.8) is 0 Å². The van der Waals surface area contributed by atoms with Gasteiger partial charge in [-0.05, 0) is 30.7 Å². The van der Waals surface area contributed by atoms with Gasteiger partial charge in [-0.1, -0.05) is 35.9 Å². The van der Waals surface area contributed by atoms with Gasteiger partial charge < -0.3 is 5.32 Å². The van der Waals surface area contributed by atoms with Crippen molar-refractivity contribution >= 4 is 17.5 Å².